The number of piperidine rings is 1. The van der Waals surface area contributed by atoms with E-state index in [1.165, 1.54) is 6.07 Å². The molecule has 94 valence electrons. The highest BCUT2D eigenvalue weighted by Gasteiger charge is 2.37. The van der Waals surface area contributed by atoms with E-state index in [1.54, 1.807) is 12.1 Å². The van der Waals surface area contributed by atoms with Crippen LogP contribution in [-0.4, -0.2) is 23.8 Å². The topological polar surface area (TPSA) is 32.3 Å². The Morgan fingerprint density at radius 1 is 1.59 bits per heavy atom. The van der Waals surface area contributed by atoms with Crippen molar-refractivity contribution in [1.82, 2.24) is 5.32 Å². The molecule has 2 unspecified atom stereocenters. The quantitative estimate of drug-likeness (QED) is 0.853. The van der Waals surface area contributed by atoms with Crippen molar-refractivity contribution in [3.8, 4) is 0 Å². The highest BCUT2D eigenvalue weighted by molar-refractivity contribution is 6.31. The molecule has 1 heterocycles. The summed E-state index contributed by atoms with van der Waals surface area (Å²) in [6, 6.07) is 4.63. The van der Waals surface area contributed by atoms with E-state index in [2.05, 4.69) is 5.32 Å². The van der Waals surface area contributed by atoms with Gasteiger partial charge in [-0.2, -0.15) is 0 Å². The van der Waals surface area contributed by atoms with E-state index in [0.717, 1.165) is 13.1 Å². The van der Waals surface area contributed by atoms with Gasteiger partial charge in [0.15, 0.2) is 0 Å². The van der Waals surface area contributed by atoms with Crippen LogP contribution in [0.15, 0.2) is 18.2 Å². The van der Waals surface area contributed by atoms with Crippen LogP contribution >= 0.6 is 11.6 Å². The van der Waals surface area contributed by atoms with Gasteiger partial charge in [-0.25, -0.2) is 4.39 Å². The summed E-state index contributed by atoms with van der Waals surface area (Å²) in [4.78, 5) is 0. The van der Waals surface area contributed by atoms with Crippen molar-refractivity contribution in [3.63, 3.8) is 0 Å². The number of rotatable bonds is 2. The van der Waals surface area contributed by atoms with Crippen LogP contribution in [0.4, 0.5) is 4.39 Å². The molecule has 1 aromatic carbocycles. The predicted octanol–water partition coefficient (Wildman–Crippen LogP) is 2.38. The van der Waals surface area contributed by atoms with Crippen molar-refractivity contribution in [1.29, 1.82) is 0 Å². The third-order valence-corrected chi connectivity index (χ3v) is 4.00. The van der Waals surface area contributed by atoms with Gasteiger partial charge in [0.2, 0.25) is 0 Å². The molecule has 2 N–H and O–H groups in total. The molecule has 2 atom stereocenters. The molecule has 1 aliphatic rings. The molecule has 1 aromatic rings. The Morgan fingerprint density at radius 3 is 3.00 bits per heavy atom. The first kappa shape index (κ1) is 12.8. The van der Waals surface area contributed by atoms with Crippen molar-refractivity contribution >= 4 is 11.6 Å². The molecule has 0 aliphatic carbocycles. The van der Waals surface area contributed by atoms with E-state index in [9.17, 15) is 9.50 Å². The molecule has 0 bridgehead atoms. The lowest BCUT2D eigenvalue weighted by molar-refractivity contribution is -0.0335. The van der Waals surface area contributed by atoms with E-state index in [4.69, 9.17) is 11.6 Å². The molecule has 0 spiro atoms. The highest BCUT2D eigenvalue weighted by Crippen LogP contribution is 2.31. The fourth-order valence-corrected chi connectivity index (χ4v) is 2.56. The van der Waals surface area contributed by atoms with E-state index in [0.29, 0.717) is 17.0 Å². The molecule has 0 amide bonds. The maximum absolute atomic E-state index is 13.7. The van der Waals surface area contributed by atoms with Crippen molar-refractivity contribution in [2.24, 2.45) is 5.92 Å². The number of hydrogen-bond acceptors (Lipinski definition) is 2. The molecule has 0 saturated carbocycles. The van der Waals surface area contributed by atoms with Gasteiger partial charge >= 0.3 is 0 Å². The van der Waals surface area contributed by atoms with Crippen LogP contribution < -0.4 is 5.32 Å². The van der Waals surface area contributed by atoms with E-state index in [1.807, 2.05) is 6.92 Å². The summed E-state index contributed by atoms with van der Waals surface area (Å²) in [5.74, 6) is -0.247. The lowest BCUT2D eigenvalue weighted by Crippen LogP contribution is -2.50. The van der Waals surface area contributed by atoms with Gasteiger partial charge in [0, 0.05) is 23.6 Å². The second kappa shape index (κ2) is 4.92. The normalized spacial score (nSPS) is 29.3. The number of hydrogen-bond donors (Lipinski definition) is 2. The fourth-order valence-electron chi connectivity index (χ4n) is 2.33. The predicted molar refractivity (Wildman–Crippen MR) is 66.7 cm³/mol. The number of nitrogens with one attached hydrogen (secondary N) is 1. The molecule has 4 heteroatoms. The van der Waals surface area contributed by atoms with Gasteiger partial charge in [0.1, 0.15) is 5.82 Å². The molecule has 0 radical (unpaired) electrons. The second-order valence-corrected chi connectivity index (χ2v) is 5.24. The summed E-state index contributed by atoms with van der Waals surface area (Å²) in [5, 5.41) is 14.2. The maximum Gasteiger partial charge on any atom is 0.127 e. The summed E-state index contributed by atoms with van der Waals surface area (Å²) in [7, 11) is 0. The summed E-state index contributed by atoms with van der Waals surface area (Å²) < 4.78 is 13.7. The Labute approximate surface area is 106 Å². The van der Waals surface area contributed by atoms with Crippen LogP contribution in [0, 0.1) is 11.7 Å². The van der Waals surface area contributed by atoms with Gasteiger partial charge in [-0.15, -0.1) is 0 Å². The first-order valence-electron chi connectivity index (χ1n) is 5.89. The third-order valence-electron chi connectivity index (χ3n) is 3.65. The van der Waals surface area contributed by atoms with Crippen LogP contribution in [0.2, 0.25) is 5.02 Å². The first-order valence-corrected chi connectivity index (χ1v) is 6.27. The van der Waals surface area contributed by atoms with Gasteiger partial charge in [0.05, 0.1) is 5.60 Å². The monoisotopic (exact) mass is 257 g/mol. The molecule has 1 aliphatic heterocycles. The van der Waals surface area contributed by atoms with Gasteiger partial charge in [-0.1, -0.05) is 24.6 Å². The summed E-state index contributed by atoms with van der Waals surface area (Å²) in [5.41, 5.74) is -0.442. The van der Waals surface area contributed by atoms with E-state index >= 15 is 0 Å². The molecule has 2 nitrogen and oxygen atoms in total. The Morgan fingerprint density at radius 2 is 2.35 bits per heavy atom. The SMILES string of the molecule is CC1CNCCC1(O)Cc1c(F)cccc1Cl. The fraction of sp³-hybridized carbons (Fsp3) is 0.538. The molecule has 1 saturated heterocycles. The van der Waals surface area contributed by atoms with E-state index in [-0.39, 0.29) is 18.2 Å². The Hall–Kier alpha value is -0.640. The minimum absolute atomic E-state index is 0.0897. The molecule has 1 fully saturated rings. The second-order valence-electron chi connectivity index (χ2n) is 4.84. The summed E-state index contributed by atoms with van der Waals surface area (Å²) in [6.07, 6.45) is 0.903. The largest absolute Gasteiger partial charge is 0.389 e. The molecule has 17 heavy (non-hydrogen) atoms. The molecule has 2 rings (SSSR count). The highest BCUT2D eigenvalue weighted by atomic mass is 35.5. The molecular weight excluding hydrogens is 241 g/mol. The van der Waals surface area contributed by atoms with Gasteiger partial charge < -0.3 is 10.4 Å². The van der Waals surface area contributed by atoms with Crippen molar-refractivity contribution in [3.05, 3.63) is 34.6 Å². The van der Waals surface area contributed by atoms with Crippen molar-refractivity contribution in [2.75, 3.05) is 13.1 Å². The van der Waals surface area contributed by atoms with Crippen LogP contribution in [-0.2, 0) is 6.42 Å². The minimum atomic E-state index is -0.864. The zero-order valence-corrected chi connectivity index (χ0v) is 10.6. The van der Waals surface area contributed by atoms with Crippen LogP contribution in [0.25, 0.3) is 0 Å². The lowest BCUT2D eigenvalue weighted by Gasteiger charge is -2.39. The van der Waals surface area contributed by atoms with Gasteiger partial charge in [-0.05, 0) is 31.0 Å². The average molecular weight is 258 g/mol. The van der Waals surface area contributed by atoms with Crippen LogP contribution in [0.3, 0.4) is 0 Å². The molecule has 0 aromatic heterocycles. The Bertz CT molecular complexity index is 392. The number of benzene rings is 1. The molecular formula is C13H17ClFNO. The zero-order chi connectivity index (χ0) is 12.5. The van der Waals surface area contributed by atoms with Crippen molar-refractivity contribution in [2.45, 2.75) is 25.4 Å². The minimum Gasteiger partial charge on any atom is -0.389 e. The first-order chi connectivity index (χ1) is 8.03. The average Bonchev–Trinajstić information content (AvgIpc) is 2.28. The maximum atomic E-state index is 13.7. The summed E-state index contributed by atoms with van der Waals surface area (Å²) >= 11 is 5.99. The summed E-state index contributed by atoms with van der Waals surface area (Å²) in [6.45, 7) is 3.48. The lowest BCUT2D eigenvalue weighted by atomic mass is 9.78. The van der Waals surface area contributed by atoms with Crippen LogP contribution in [0.5, 0.6) is 0 Å². The third kappa shape index (κ3) is 2.62. The smallest absolute Gasteiger partial charge is 0.127 e. The van der Waals surface area contributed by atoms with Crippen molar-refractivity contribution < 1.29 is 9.50 Å². The van der Waals surface area contributed by atoms with Crippen LogP contribution in [0.1, 0.15) is 18.9 Å². The number of halogens is 2. The standard InChI is InChI=1S/C13H17ClFNO/c1-9-8-16-6-5-13(9,17)7-10-11(14)3-2-4-12(10)15/h2-4,9,16-17H,5-8H2,1H3. The zero-order valence-electron chi connectivity index (χ0n) is 9.84. The van der Waals surface area contributed by atoms with E-state index < -0.39 is 5.60 Å². The van der Waals surface area contributed by atoms with Gasteiger partial charge in [-0.3, -0.25) is 0 Å². The Balaban J connectivity index is 2.25. The van der Waals surface area contributed by atoms with Gasteiger partial charge in [0.25, 0.3) is 0 Å². The number of aliphatic hydroxyl groups is 1. The Kier molecular flexibility index (Phi) is 3.71.